The van der Waals surface area contributed by atoms with E-state index in [2.05, 4.69) is 4.98 Å². The Bertz CT molecular complexity index is 573. The van der Waals surface area contributed by atoms with Gasteiger partial charge in [-0.25, -0.2) is 0 Å². The third kappa shape index (κ3) is 1.99. The van der Waals surface area contributed by atoms with Crippen molar-refractivity contribution in [3.8, 4) is 0 Å². The third-order valence-corrected chi connectivity index (χ3v) is 3.75. The zero-order valence-corrected chi connectivity index (χ0v) is 10.7. The number of benzene rings is 1. The van der Waals surface area contributed by atoms with E-state index in [0.717, 1.165) is 35.9 Å². The topological polar surface area (TPSA) is 48.1 Å². The second kappa shape index (κ2) is 4.84. The van der Waals surface area contributed by atoms with Crippen molar-refractivity contribution in [1.29, 1.82) is 0 Å². The summed E-state index contributed by atoms with van der Waals surface area (Å²) < 4.78 is 5.82. The average Bonchev–Trinajstić information content (AvgIpc) is 2.41. The minimum absolute atomic E-state index is 0.0325. The molecule has 2 heterocycles. The number of fused-ring (bicyclic) bond motifs is 1. The van der Waals surface area contributed by atoms with Crippen LogP contribution in [-0.2, 0) is 4.74 Å². The normalized spacial score (nSPS) is 24.3. The van der Waals surface area contributed by atoms with Gasteiger partial charge in [0.15, 0.2) is 0 Å². The molecular weight excluding hydrogens is 248 g/mol. The van der Waals surface area contributed by atoms with E-state index < -0.39 is 0 Å². The lowest BCUT2D eigenvalue weighted by molar-refractivity contribution is 0.000929. The first kappa shape index (κ1) is 11.9. The summed E-state index contributed by atoms with van der Waals surface area (Å²) in [5.41, 5.74) is 8.09. The highest BCUT2D eigenvalue weighted by Gasteiger charge is 2.26. The first-order chi connectivity index (χ1) is 8.77. The van der Waals surface area contributed by atoms with Gasteiger partial charge in [0.2, 0.25) is 0 Å². The molecule has 18 heavy (non-hydrogen) atoms. The number of hydrogen-bond acceptors (Lipinski definition) is 3. The molecule has 1 aromatic carbocycles. The second-order valence-corrected chi connectivity index (χ2v) is 5.04. The van der Waals surface area contributed by atoms with E-state index in [0.29, 0.717) is 5.02 Å². The highest BCUT2D eigenvalue weighted by molar-refractivity contribution is 6.35. The zero-order chi connectivity index (χ0) is 12.5. The Morgan fingerprint density at radius 3 is 3.06 bits per heavy atom. The number of pyridine rings is 1. The van der Waals surface area contributed by atoms with Gasteiger partial charge >= 0.3 is 0 Å². The lowest BCUT2D eigenvalue weighted by Crippen LogP contribution is -2.34. The summed E-state index contributed by atoms with van der Waals surface area (Å²) in [5, 5.41) is 1.67. The molecule has 3 rings (SSSR count). The molecule has 0 saturated carbocycles. The van der Waals surface area contributed by atoms with Crippen LogP contribution in [0.2, 0.25) is 5.02 Å². The maximum Gasteiger partial charge on any atom is 0.0996 e. The molecule has 2 atom stereocenters. The average molecular weight is 263 g/mol. The molecule has 1 aliphatic rings. The van der Waals surface area contributed by atoms with Crippen molar-refractivity contribution in [2.24, 2.45) is 5.73 Å². The monoisotopic (exact) mass is 262 g/mol. The van der Waals surface area contributed by atoms with Crippen LogP contribution in [-0.4, -0.2) is 17.6 Å². The Morgan fingerprint density at radius 1 is 1.33 bits per heavy atom. The fourth-order valence-corrected chi connectivity index (χ4v) is 2.73. The zero-order valence-electron chi connectivity index (χ0n) is 9.97. The van der Waals surface area contributed by atoms with Crippen molar-refractivity contribution >= 4 is 22.5 Å². The molecule has 1 aliphatic heterocycles. The Kier molecular flexibility index (Phi) is 3.20. The van der Waals surface area contributed by atoms with E-state index >= 15 is 0 Å². The Morgan fingerprint density at radius 2 is 2.22 bits per heavy atom. The predicted octanol–water partition coefficient (Wildman–Crippen LogP) is 3.07. The summed E-state index contributed by atoms with van der Waals surface area (Å²) in [6.07, 6.45) is 3.71. The Hall–Kier alpha value is -1.16. The molecule has 2 N–H and O–H groups in total. The molecule has 1 aromatic heterocycles. The van der Waals surface area contributed by atoms with E-state index in [-0.39, 0.29) is 12.1 Å². The van der Waals surface area contributed by atoms with Gasteiger partial charge in [0.1, 0.15) is 0 Å². The van der Waals surface area contributed by atoms with Crippen LogP contribution in [0.15, 0.2) is 30.5 Å². The molecule has 0 spiro atoms. The summed E-state index contributed by atoms with van der Waals surface area (Å²) in [6.45, 7) is 0.759. The molecule has 94 valence electrons. The van der Waals surface area contributed by atoms with E-state index in [4.69, 9.17) is 22.1 Å². The van der Waals surface area contributed by atoms with E-state index in [1.54, 1.807) is 6.20 Å². The van der Waals surface area contributed by atoms with Gasteiger partial charge in [0.25, 0.3) is 0 Å². The highest BCUT2D eigenvalue weighted by Crippen LogP contribution is 2.33. The fraction of sp³-hybridized carbons (Fsp3) is 0.357. The molecule has 4 heteroatoms. The predicted molar refractivity (Wildman–Crippen MR) is 72.7 cm³/mol. The summed E-state index contributed by atoms with van der Waals surface area (Å²) in [6, 6.07) is 7.77. The number of nitrogens with zero attached hydrogens (tertiary/aromatic N) is 1. The van der Waals surface area contributed by atoms with E-state index in [1.165, 1.54) is 0 Å². The molecule has 1 fully saturated rings. The number of ether oxygens (including phenoxy) is 1. The van der Waals surface area contributed by atoms with Gasteiger partial charge in [-0.1, -0.05) is 17.7 Å². The van der Waals surface area contributed by atoms with Crippen molar-refractivity contribution < 1.29 is 4.74 Å². The molecule has 2 aromatic rings. The molecule has 0 bridgehead atoms. The van der Waals surface area contributed by atoms with Crippen molar-refractivity contribution in [3.05, 3.63) is 41.0 Å². The van der Waals surface area contributed by atoms with Crippen LogP contribution in [0.25, 0.3) is 10.9 Å². The molecular formula is C14H15ClN2O. The van der Waals surface area contributed by atoms with Gasteiger partial charge in [0.05, 0.1) is 11.6 Å². The van der Waals surface area contributed by atoms with Gasteiger partial charge in [-0.2, -0.15) is 0 Å². The maximum atomic E-state index is 6.19. The number of rotatable bonds is 1. The van der Waals surface area contributed by atoms with E-state index in [1.807, 2.05) is 24.3 Å². The standard InChI is InChI=1S/C14H15ClN2O/c15-11-6-5-10(13-9(11)3-1-7-17-13)14-12(16)4-2-8-18-14/h1,3,5-7,12,14H,2,4,8,16H2. The SMILES string of the molecule is NC1CCCOC1c1ccc(Cl)c2cccnc12. The molecule has 0 amide bonds. The Labute approximate surface area is 111 Å². The Balaban J connectivity index is 2.14. The first-order valence-corrected chi connectivity index (χ1v) is 6.55. The largest absolute Gasteiger partial charge is 0.372 e. The minimum Gasteiger partial charge on any atom is -0.372 e. The molecule has 3 nitrogen and oxygen atoms in total. The van der Waals surface area contributed by atoms with Crippen LogP contribution >= 0.6 is 11.6 Å². The lowest BCUT2D eigenvalue weighted by Gasteiger charge is -2.29. The quantitative estimate of drug-likeness (QED) is 0.859. The van der Waals surface area contributed by atoms with Crippen molar-refractivity contribution in [1.82, 2.24) is 4.98 Å². The highest BCUT2D eigenvalue weighted by atomic mass is 35.5. The summed E-state index contributed by atoms with van der Waals surface area (Å²) in [5.74, 6) is 0. The summed E-state index contributed by atoms with van der Waals surface area (Å²) in [4.78, 5) is 4.43. The molecule has 2 unspecified atom stereocenters. The maximum absolute atomic E-state index is 6.19. The van der Waals surface area contributed by atoms with Gasteiger partial charge < -0.3 is 10.5 Å². The number of halogens is 1. The first-order valence-electron chi connectivity index (χ1n) is 6.17. The smallest absolute Gasteiger partial charge is 0.0996 e. The minimum atomic E-state index is -0.0755. The summed E-state index contributed by atoms with van der Waals surface area (Å²) in [7, 11) is 0. The van der Waals surface area contributed by atoms with Crippen molar-refractivity contribution in [2.45, 2.75) is 25.0 Å². The molecule has 0 radical (unpaired) electrons. The van der Waals surface area contributed by atoms with Crippen molar-refractivity contribution in [2.75, 3.05) is 6.61 Å². The van der Waals surface area contributed by atoms with Crippen LogP contribution < -0.4 is 5.73 Å². The van der Waals surface area contributed by atoms with Crippen LogP contribution in [0.4, 0.5) is 0 Å². The summed E-state index contributed by atoms with van der Waals surface area (Å²) >= 11 is 6.19. The fourth-order valence-electron chi connectivity index (χ4n) is 2.51. The number of aromatic nitrogens is 1. The molecule has 1 saturated heterocycles. The number of nitrogens with two attached hydrogens (primary N) is 1. The van der Waals surface area contributed by atoms with E-state index in [9.17, 15) is 0 Å². The van der Waals surface area contributed by atoms with Gasteiger partial charge in [0, 0.05) is 34.8 Å². The van der Waals surface area contributed by atoms with Crippen LogP contribution in [0.1, 0.15) is 24.5 Å². The van der Waals surface area contributed by atoms with Gasteiger partial charge in [-0.05, 0) is 31.0 Å². The second-order valence-electron chi connectivity index (χ2n) is 4.63. The van der Waals surface area contributed by atoms with Crippen LogP contribution in [0.5, 0.6) is 0 Å². The van der Waals surface area contributed by atoms with Gasteiger partial charge in [-0.3, -0.25) is 4.98 Å². The third-order valence-electron chi connectivity index (χ3n) is 3.42. The van der Waals surface area contributed by atoms with Crippen LogP contribution in [0.3, 0.4) is 0 Å². The van der Waals surface area contributed by atoms with Crippen molar-refractivity contribution in [3.63, 3.8) is 0 Å². The van der Waals surface area contributed by atoms with Gasteiger partial charge in [-0.15, -0.1) is 0 Å². The van der Waals surface area contributed by atoms with Crippen LogP contribution in [0, 0.1) is 0 Å². The number of hydrogen-bond donors (Lipinski definition) is 1. The lowest BCUT2D eigenvalue weighted by atomic mass is 9.95. The molecule has 0 aliphatic carbocycles.